The second-order valence-electron chi connectivity index (χ2n) is 3.38. The van der Waals surface area contributed by atoms with Gasteiger partial charge in [-0.1, -0.05) is 0 Å². The Morgan fingerprint density at radius 2 is 1.79 bits per heavy atom. The molecule has 0 aromatic carbocycles. The van der Waals surface area contributed by atoms with Crippen LogP contribution in [0.5, 0.6) is 0 Å². The van der Waals surface area contributed by atoms with Crippen LogP contribution in [0.4, 0.5) is 0 Å². The van der Waals surface area contributed by atoms with E-state index in [-0.39, 0.29) is 0 Å². The van der Waals surface area contributed by atoms with Gasteiger partial charge in [0.05, 0.1) is 6.10 Å². The third kappa shape index (κ3) is 1.59. The van der Waals surface area contributed by atoms with Gasteiger partial charge in [0.15, 0.2) is 5.60 Å². The number of carbonyl (C=O) groups is 1. The number of rotatable bonds is 1. The maximum Gasteiger partial charge on any atom is 0.337 e. The lowest BCUT2D eigenvalue weighted by Crippen LogP contribution is -2.63. The third-order valence-corrected chi connectivity index (χ3v) is 3.01. The fourth-order valence-electron chi connectivity index (χ4n) is 1.44. The van der Waals surface area contributed by atoms with Gasteiger partial charge in [0, 0.05) is 6.42 Å². The highest BCUT2D eigenvalue weighted by Gasteiger charge is 2.55. The van der Waals surface area contributed by atoms with Gasteiger partial charge in [-0.05, 0) is 0 Å². The van der Waals surface area contributed by atoms with Gasteiger partial charge < -0.3 is 25.5 Å². The van der Waals surface area contributed by atoms with Crippen molar-refractivity contribution in [3.8, 4) is 0 Å². The minimum atomic E-state index is -2.42. The smallest absolute Gasteiger partial charge is 0.337 e. The van der Waals surface area contributed by atoms with Crippen LogP contribution in [-0.4, -0.2) is 60.8 Å². The van der Waals surface area contributed by atoms with Crippen LogP contribution in [0, 0.1) is 0 Å². The molecule has 0 saturated heterocycles. The molecule has 7 heteroatoms. The Morgan fingerprint density at radius 3 is 2.21 bits per heavy atom. The number of halogens is 1. The van der Waals surface area contributed by atoms with Crippen molar-refractivity contribution in [2.75, 3.05) is 0 Å². The quantitative estimate of drug-likeness (QED) is 0.327. The molecule has 5 atom stereocenters. The number of aliphatic carboxylic acids is 1. The van der Waals surface area contributed by atoms with Crippen molar-refractivity contribution in [3.05, 3.63) is 0 Å². The fourth-order valence-corrected chi connectivity index (χ4v) is 1.77. The van der Waals surface area contributed by atoms with Crippen LogP contribution in [0.2, 0.25) is 0 Å². The molecular formula is C7H11ClO6. The fraction of sp³-hybridized carbons (Fsp3) is 0.857. The maximum atomic E-state index is 10.6. The molecule has 1 aliphatic rings. The summed E-state index contributed by atoms with van der Waals surface area (Å²) in [4.78, 5) is 10.6. The lowest BCUT2D eigenvalue weighted by atomic mass is 9.79. The van der Waals surface area contributed by atoms with Crippen LogP contribution in [0.1, 0.15) is 6.42 Å². The molecule has 0 bridgehead atoms. The topological polar surface area (TPSA) is 118 Å². The number of aliphatic hydroxyl groups is 4. The average Bonchev–Trinajstić information content (AvgIpc) is 2.11. The van der Waals surface area contributed by atoms with E-state index >= 15 is 0 Å². The minimum Gasteiger partial charge on any atom is -0.479 e. The van der Waals surface area contributed by atoms with Crippen LogP contribution in [0.15, 0.2) is 0 Å². The van der Waals surface area contributed by atoms with Crippen molar-refractivity contribution in [2.24, 2.45) is 0 Å². The van der Waals surface area contributed by atoms with E-state index in [1.807, 2.05) is 0 Å². The van der Waals surface area contributed by atoms with Crippen molar-refractivity contribution < 1.29 is 30.3 Å². The molecule has 0 amide bonds. The summed E-state index contributed by atoms with van der Waals surface area (Å²) in [6.45, 7) is 0. The Morgan fingerprint density at radius 1 is 1.29 bits per heavy atom. The summed E-state index contributed by atoms with van der Waals surface area (Å²) in [6, 6.07) is 0. The van der Waals surface area contributed by atoms with Crippen molar-refractivity contribution in [3.63, 3.8) is 0 Å². The molecular weight excluding hydrogens is 216 g/mol. The number of hydrogen-bond acceptors (Lipinski definition) is 5. The number of aliphatic hydroxyl groups excluding tert-OH is 3. The van der Waals surface area contributed by atoms with E-state index in [4.69, 9.17) is 26.9 Å². The van der Waals surface area contributed by atoms with Crippen molar-refractivity contribution >= 4 is 17.6 Å². The zero-order valence-corrected chi connectivity index (χ0v) is 7.79. The normalized spacial score (nSPS) is 48.9. The summed E-state index contributed by atoms with van der Waals surface area (Å²) < 4.78 is 0. The van der Waals surface area contributed by atoms with Crippen LogP contribution in [-0.2, 0) is 4.79 Å². The Labute approximate surface area is 84.4 Å². The molecule has 1 fully saturated rings. The summed E-state index contributed by atoms with van der Waals surface area (Å²) in [5, 5.41) is 44.1. The molecule has 0 aromatic rings. The van der Waals surface area contributed by atoms with Crippen LogP contribution in [0.25, 0.3) is 0 Å². The first-order valence-electron chi connectivity index (χ1n) is 3.94. The highest BCUT2D eigenvalue weighted by atomic mass is 35.5. The van der Waals surface area contributed by atoms with Gasteiger partial charge in [-0.25, -0.2) is 4.79 Å². The molecule has 0 spiro atoms. The van der Waals surface area contributed by atoms with Gasteiger partial charge in [-0.3, -0.25) is 0 Å². The third-order valence-electron chi connectivity index (χ3n) is 2.39. The highest BCUT2D eigenvalue weighted by Crippen LogP contribution is 2.33. The first kappa shape index (κ1) is 11.7. The molecule has 3 unspecified atom stereocenters. The molecule has 1 saturated carbocycles. The number of alkyl halides is 1. The van der Waals surface area contributed by atoms with E-state index in [1.54, 1.807) is 0 Å². The predicted molar refractivity (Wildman–Crippen MR) is 44.9 cm³/mol. The zero-order valence-electron chi connectivity index (χ0n) is 7.04. The SMILES string of the molecule is O=C(O)C1(O)C[C@@H](O)C(O)[C@H](O)C1Cl. The van der Waals surface area contributed by atoms with E-state index in [0.29, 0.717) is 0 Å². The van der Waals surface area contributed by atoms with Gasteiger partial charge in [0.25, 0.3) is 0 Å². The van der Waals surface area contributed by atoms with Gasteiger partial charge in [0.1, 0.15) is 17.6 Å². The number of hydrogen-bond donors (Lipinski definition) is 5. The molecule has 14 heavy (non-hydrogen) atoms. The standard InChI is InChI=1S/C7H11ClO6/c8-5-4(11)3(10)2(9)1-7(5,14)6(12)13/h2-5,9-11,14H,1H2,(H,12,13)/t2-,3?,4+,5?,7?/m1/s1. The largest absolute Gasteiger partial charge is 0.479 e. The average molecular weight is 227 g/mol. The predicted octanol–water partition coefficient (Wildman–Crippen LogP) is -2.10. The molecule has 1 aliphatic carbocycles. The summed E-state index contributed by atoms with van der Waals surface area (Å²) >= 11 is 5.48. The molecule has 0 heterocycles. The van der Waals surface area contributed by atoms with Gasteiger partial charge in [-0.2, -0.15) is 0 Å². The molecule has 1 rings (SSSR count). The summed E-state index contributed by atoms with van der Waals surface area (Å²) in [5.74, 6) is -1.64. The number of carboxylic acids is 1. The summed E-state index contributed by atoms with van der Waals surface area (Å²) in [5.41, 5.74) is -2.42. The Bertz CT molecular complexity index is 246. The van der Waals surface area contributed by atoms with Crippen LogP contribution < -0.4 is 0 Å². The second kappa shape index (κ2) is 3.63. The minimum absolute atomic E-state index is 0.616. The van der Waals surface area contributed by atoms with E-state index in [2.05, 4.69) is 0 Å². The van der Waals surface area contributed by atoms with E-state index in [0.717, 1.165) is 0 Å². The van der Waals surface area contributed by atoms with Gasteiger partial charge in [0.2, 0.25) is 0 Å². The maximum absolute atomic E-state index is 10.6. The Hall–Kier alpha value is -0.400. The lowest BCUT2D eigenvalue weighted by Gasteiger charge is -2.41. The van der Waals surface area contributed by atoms with Gasteiger partial charge >= 0.3 is 5.97 Å². The summed E-state index contributed by atoms with van der Waals surface area (Å²) in [7, 11) is 0. The van der Waals surface area contributed by atoms with Crippen LogP contribution >= 0.6 is 11.6 Å². The zero-order chi connectivity index (χ0) is 11.1. The molecule has 82 valence electrons. The van der Waals surface area contributed by atoms with Crippen molar-refractivity contribution in [1.29, 1.82) is 0 Å². The molecule has 0 aliphatic heterocycles. The number of carboxylic acid groups (broad SMARTS) is 1. The molecule has 0 radical (unpaired) electrons. The van der Waals surface area contributed by atoms with Crippen LogP contribution in [0.3, 0.4) is 0 Å². The highest BCUT2D eigenvalue weighted by molar-refractivity contribution is 6.23. The molecule has 6 nitrogen and oxygen atoms in total. The van der Waals surface area contributed by atoms with Crippen molar-refractivity contribution in [2.45, 2.75) is 35.7 Å². The first-order chi connectivity index (χ1) is 6.30. The van der Waals surface area contributed by atoms with E-state index in [1.165, 1.54) is 0 Å². The van der Waals surface area contributed by atoms with Gasteiger partial charge in [-0.15, -0.1) is 11.6 Å². The molecule has 0 aromatic heterocycles. The Kier molecular flexibility index (Phi) is 3.03. The molecule has 5 N–H and O–H groups in total. The Balaban J connectivity index is 2.96. The van der Waals surface area contributed by atoms with E-state index < -0.39 is 41.7 Å². The van der Waals surface area contributed by atoms with Crippen molar-refractivity contribution in [1.82, 2.24) is 0 Å². The van der Waals surface area contributed by atoms with E-state index in [9.17, 15) is 15.0 Å². The second-order valence-corrected chi connectivity index (χ2v) is 3.85. The lowest BCUT2D eigenvalue weighted by molar-refractivity contribution is -0.185. The summed E-state index contributed by atoms with van der Waals surface area (Å²) in [6.07, 6.45) is -5.35. The first-order valence-corrected chi connectivity index (χ1v) is 4.38. The monoisotopic (exact) mass is 226 g/mol.